The summed E-state index contributed by atoms with van der Waals surface area (Å²) in [4.78, 5) is 0. The van der Waals surface area contributed by atoms with Gasteiger partial charge in [0.15, 0.2) is 0 Å². The molecule has 1 aromatic rings. The Hall–Kier alpha value is -1.14. The van der Waals surface area contributed by atoms with Gasteiger partial charge in [-0.1, -0.05) is 11.6 Å². The Morgan fingerprint density at radius 1 is 1.17 bits per heavy atom. The van der Waals surface area contributed by atoms with Gasteiger partial charge in [0.2, 0.25) is 10.0 Å². The number of anilines is 1. The van der Waals surface area contributed by atoms with Gasteiger partial charge in [-0.25, -0.2) is 8.42 Å². The Bertz CT molecular complexity index is 528. The van der Waals surface area contributed by atoms with Gasteiger partial charge >= 0.3 is 0 Å². The van der Waals surface area contributed by atoms with E-state index in [-0.39, 0.29) is 0 Å². The van der Waals surface area contributed by atoms with Crippen LogP contribution in [0.5, 0.6) is 11.5 Å². The molecule has 0 aliphatic rings. The number of ether oxygens (including phenoxy) is 2. The first-order valence-corrected chi connectivity index (χ1v) is 7.17. The molecule has 0 spiro atoms. The summed E-state index contributed by atoms with van der Waals surface area (Å²) >= 11 is 5.93. The molecule has 7 heteroatoms. The molecule has 1 aromatic carbocycles. The lowest BCUT2D eigenvalue weighted by atomic mass is 10.3. The maximum atomic E-state index is 11.8. The van der Waals surface area contributed by atoms with Crippen molar-refractivity contribution in [3.05, 3.63) is 17.2 Å². The van der Waals surface area contributed by atoms with E-state index in [0.29, 0.717) is 22.2 Å². The van der Waals surface area contributed by atoms with Gasteiger partial charge in [-0.2, -0.15) is 0 Å². The lowest BCUT2D eigenvalue weighted by Crippen LogP contribution is -2.22. The number of benzene rings is 1. The Morgan fingerprint density at radius 3 is 2.17 bits per heavy atom. The van der Waals surface area contributed by atoms with Gasteiger partial charge in [-0.15, -0.1) is 0 Å². The van der Waals surface area contributed by atoms with E-state index in [1.54, 1.807) is 13.8 Å². The van der Waals surface area contributed by atoms with E-state index in [2.05, 4.69) is 4.72 Å². The van der Waals surface area contributed by atoms with Crippen LogP contribution in [0.25, 0.3) is 0 Å². The van der Waals surface area contributed by atoms with Crippen LogP contribution in [0.3, 0.4) is 0 Å². The molecule has 1 N–H and O–H groups in total. The molecule has 1 rings (SSSR count). The molecular weight excluding hydrogens is 278 g/mol. The van der Waals surface area contributed by atoms with Crippen molar-refractivity contribution in [1.82, 2.24) is 0 Å². The second kappa shape index (κ2) is 5.67. The fraction of sp³-hybridized carbons (Fsp3) is 0.455. The van der Waals surface area contributed by atoms with Crippen molar-refractivity contribution in [2.24, 2.45) is 0 Å². The lowest BCUT2D eigenvalue weighted by molar-refractivity contribution is 0.405. The number of nitrogens with one attached hydrogen (secondary N) is 1. The van der Waals surface area contributed by atoms with Crippen LogP contribution in [0.1, 0.15) is 13.8 Å². The summed E-state index contributed by atoms with van der Waals surface area (Å²) < 4.78 is 36.2. The normalized spacial score (nSPS) is 11.4. The zero-order valence-corrected chi connectivity index (χ0v) is 12.2. The summed E-state index contributed by atoms with van der Waals surface area (Å²) in [6.07, 6.45) is 0. The van der Waals surface area contributed by atoms with Crippen molar-refractivity contribution >= 4 is 27.3 Å². The van der Waals surface area contributed by atoms with Crippen LogP contribution in [0.4, 0.5) is 5.69 Å². The topological polar surface area (TPSA) is 64.6 Å². The highest BCUT2D eigenvalue weighted by Gasteiger charge is 2.19. The molecule has 18 heavy (non-hydrogen) atoms. The van der Waals surface area contributed by atoms with Gasteiger partial charge in [0.25, 0.3) is 0 Å². The van der Waals surface area contributed by atoms with Crippen molar-refractivity contribution in [1.29, 1.82) is 0 Å². The van der Waals surface area contributed by atoms with E-state index in [9.17, 15) is 8.42 Å². The van der Waals surface area contributed by atoms with E-state index in [4.69, 9.17) is 21.1 Å². The monoisotopic (exact) mass is 293 g/mol. The summed E-state index contributed by atoms with van der Waals surface area (Å²) in [5.41, 5.74) is 0.299. The Balaban J connectivity index is 3.23. The molecule has 0 aromatic heterocycles. The van der Waals surface area contributed by atoms with Gasteiger partial charge in [-0.3, -0.25) is 4.72 Å². The predicted octanol–water partition coefficient (Wildman–Crippen LogP) is 2.51. The van der Waals surface area contributed by atoms with Gasteiger partial charge in [0, 0.05) is 12.1 Å². The van der Waals surface area contributed by atoms with Crippen LogP contribution in [-0.4, -0.2) is 27.9 Å². The van der Waals surface area contributed by atoms with Crippen molar-refractivity contribution in [3.8, 4) is 11.5 Å². The number of methoxy groups -OCH3 is 2. The minimum Gasteiger partial charge on any atom is -0.495 e. The maximum absolute atomic E-state index is 11.8. The molecule has 0 radical (unpaired) electrons. The van der Waals surface area contributed by atoms with Crippen LogP contribution < -0.4 is 14.2 Å². The standard InChI is InChI=1S/C11H16ClNO4S/c1-7(2)18(14,15)13-9-6-10(16-3)8(12)5-11(9)17-4/h5-7,13H,1-4H3. The van der Waals surface area contributed by atoms with Crippen LogP contribution in [0.15, 0.2) is 12.1 Å². The largest absolute Gasteiger partial charge is 0.495 e. The third kappa shape index (κ3) is 3.20. The van der Waals surface area contributed by atoms with Crippen LogP contribution in [0, 0.1) is 0 Å². The number of rotatable bonds is 5. The lowest BCUT2D eigenvalue weighted by Gasteiger charge is -2.15. The van der Waals surface area contributed by atoms with Gasteiger partial charge in [0.1, 0.15) is 11.5 Å². The maximum Gasteiger partial charge on any atom is 0.235 e. The molecule has 5 nitrogen and oxygen atoms in total. The van der Waals surface area contributed by atoms with Gasteiger partial charge in [-0.05, 0) is 13.8 Å². The molecule has 0 heterocycles. The first kappa shape index (κ1) is 14.9. The van der Waals surface area contributed by atoms with Crippen molar-refractivity contribution in [2.75, 3.05) is 18.9 Å². The highest BCUT2D eigenvalue weighted by molar-refractivity contribution is 7.93. The average Bonchev–Trinajstić information content (AvgIpc) is 2.30. The van der Waals surface area contributed by atoms with E-state index < -0.39 is 15.3 Å². The molecule has 0 saturated heterocycles. The quantitative estimate of drug-likeness (QED) is 0.906. The molecule has 0 aliphatic heterocycles. The Labute approximate surface area is 112 Å². The first-order chi connectivity index (χ1) is 8.31. The third-order valence-electron chi connectivity index (χ3n) is 2.35. The highest BCUT2D eigenvalue weighted by Crippen LogP contribution is 2.36. The smallest absolute Gasteiger partial charge is 0.235 e. The Kier molecular flexibility index (Phi) is 4.70. The summed E-state index contributed by atoms with van der Waals surface area (Å²) in [6, 6.07) is 2.99. The summed E-state index contributed by atoms with van der Waals surface area (Å²) in [7, 11) is -0.562. The summed E-state index contributed by atoms with van der Waals surface area (Å²) in [5, 5.41) is -0.203. The van der Waals surface area contributed by atoms with Crippen molar-refractivity contribution in [3.63, 3.8) is 0 Å². The molecule has 0 bridgehead atoms. The zero-order chi connectivity index (χ0) is 13.9. The molecular formula is C11H16ClNO4S. The third-order valence-corrected chi connectivity index (χ3v) is 4.39. The van der Waals surface area contributed by atoms with Crippen LogP contribution in [-0.2, 0) is 10.0 Å². The molecule has 0 fully saturated rings. The Morgan fingerprint density at radius 2 is 1.72 bits per heavy atom. The van der Waals surface area contributed by atoms with E-state index in [1.807, 2.05) is 0 Å². The summed E-state index contributed by atoms with van der Waals surface area (Å²) in [5.74, 6) is 0.712. The van der Waals surface area contributed by atoms with Crippen LogP contribution >= 0.6 is 11.6 Å². The van der Waals surface area contributed by atoms with Gasteiger partial charge in [0.05, 0.1) is 30.2 Å². The molecule has 0 unspecified atom stereocenters. The molecule has 102 valence electrons. The second-order valence-corrected chi connectivity index (χ2v) is 6.53. The second-order valence-electron chi connectivity index (χ2n) is 3.88. The number of sulfonamides is 1. The predicted molar refractivity (Wildman–Crippen MR) is 72.2 cm³/mol. The minimum absolute atomic E-state index is 0.299. The molecule has 0 amide bonds. The van der Waals surface area contributed by atoms with E-state index in [1.165, 1.54) is 26.4 Å². The molecule has 0 saturated carbocycles. The fourth-order valence-corrected chi connectivity index (χ4v) is 2.14. The fourth-order valence-electron chi connectivity index (χ4n) is 1.21. The van der Waals surface area contributed by atoms with E-state index in [0.717, 1.165) is 0 Å². The zero-order valence-electron chi connectivity index (χ0n) is 10.7. The van der Waals surface area contributed by atoms with Gasteiger partial charge < -0.3 is 9.47 Å². The molecule has 0 atom stereocenters. The van der Waals surface area contributed by atoms with Crippen molar-refractivity contribution in [2.45, 2.75) is 19.1 Å². The van der Waals surface area contributed by atoms with Crippen LogP contribution in [0.2, 0.25) is 5.02 Å². The highest BCUT2D eigenvalue weighted by atomic mass is 35.5. The van der Waals surface area contributed by atoms with Crippen molar-refractivity contribution < 1.29 is 17.9 Å². The minimum atomic E-state index is -3.45. The summed E-state index contributed by atoms with van der Waals surface area (Å²) in [6.45, 7) is 3.17. The number of hydrogen-bond acceptors (Lipinski definition) is 4. The SMILES string of the molecule is COc1cc(NS(=O)(=O)C(C)C)c(OC)cc1Cl. The first-order valence-electron chi connectivity index (χ1n) is 5.25. The number of halogens is 1. The molecule has 0 aliphatic carbocycles. The average molecular weight is 294 g/mol. The van der Waals surface area contributed by atoms with E-state index >= 15 is 0 Å². The number of hydrogen-bond donors (Lipinski definition) is 1.